The van der Waals surface area contributed by atoms with Gasteiger partial charge >= 0.3 is 0 Å². The molecule has 0 radical (unpaired) electrons. The van der Waals surface area contributed by atoms with Crippen LogP contribution < -0.4 is 0 Å². The van der Waals surface area contributed by atoms with Gasteiger partial charge in [-0.05, 0) is 80.8 Å². The first kappa shape index (κ1) is 20.9. The number of hydrogen-bond acceptors (Lipinski definition) is 4. The fourth-order valence-electron chi connectivity index (χ4n) is 4.78. The number of amidine groups is 2. The highest BCUT2D eigenvalue weighted by molar-refractivity contribution is 8.27. The highest BCUT2D eigenvalue weighted by atomic mass is 32.2. The van der Waals surface area contributed by atoms with Crippen molar-refractivity contribution in [3.8, 4) is 5.69 Å². The number of rotatable bonds is 3. The Balaban J connectivity index is 1.48. The summed E-state index contributed by atoms with van der Waals surface area (Å²) in [6, 6.07) is 10.4. The molecule has 1 aromatic heterocycles. The number of benzene rings is 1. The van der Waals surface area contributed by atoms with E-state index in [2.05, 4.69) is 47.7 Å². The van der Waals surface area contributed by atoms with Crippen LogP contribution in [0.5, 0.6) is 0 Å². The van der Waals surface area contributed by atoms with Gasteiger partial charge in [-0.3, -0.25) is 10.2 Å². The zero-order valence-corrected chi connectivity index (χ0v) is 19.5. The van der Waals surface area contributed by atoms with E-state index in [9.17, 15) is 4.79 Å². The number of aryl methyl sites for hydroxylation is 2. The fraction of sp³-hybridized carbons (Fsp3) is 0.360. The molecule has 7 heteroatoms. The quantitative estimate of drug-likeness (QED) is 0.625. The van der Waals surface area contributed by atoms with Crippen molar-refractivity contribution in [2.45, 2.75) is 52.9 Å². The monoisotopic (exact) mass is 445 g/mol. The van der Waals surface area contributed by atoms with Crippen LogP contribution in [-0.2, 0) is 4.79 Å². The third-order valence-corrected chi connectivity index (χ3v) is 7.53. The van der Waals surface area contributed by atoms with E-state index in [1.54, 1.807) is 11.1 Å². The number of thioether (sulfide) groups is 1. The summed E-state index contributed by atoms with van der Waals surface area (Å²) in [5.74, 6) is 0.165. The molecule has 5 rings (SSSR count). The van der Waals surface area contributed by atoms with Crippen LogP contribution in [0.4, 0.5) is 0 Å². The Labute approximate surface area is 192 Å². The second-order valence-electron chi connectivity index (χ2n) is 8.79. The fourth-order valence-corrected chi connectivity index (χ4v) is 5.83. The number of aromatic nitrogens is 1. The molecule has 0 bridgehead atoms. The van der Waals surface area contributed by atoms with E-state index >= 15 is 0 Å². The van der Waals surface area contributed by atoms with Crippen molar-refractivity contribution in [2.75, 3.05) is 0 Å². The maximum Gasteiger partial charge on any atom is 0.283 e. The van der Waals surface area contributed by atoms with E-state index in [0.717, 1.165) is 40.5 Å². The number of nitrogens with one attached hydrogen (secondary N) is 1. The van der Waals surface area contributed by atoms with E-state index in [1.165, 1.54) is 36.6 Å². The number of amides is 1. The Kier molecular flexibility index (Phi) is 5.37. The van der Waals surface area contributed by atoms with Gasteiger partial charge in [0.15, 0.2) is 5.84 Å². The van der Waals surface area contributed by atoms with Crippen molar-refractivity contribution in [2.24, 2.45) is 16.0 Å². The van der Waals surface area contributed by atoms with Crippen LogP contribution in [-0.4, -0.2) is 31.5 Å². The van der Waals surface area contributed by atoms with Crippen molar-refractivity contribution in [1.82, 2.24) is 9.58 Å². The van der Waals surface area contributed by atoms with Crippen LogP contribution in [0.1, 0.15) is 54.6 Å². The predicted molar refractivity (Wildman–Crippen MR) is 132 cm³/mol. The Morgan fingerprint density at radius 2 is 1.91 bits per heavy atom. The van der Waals surface area contributed by atoms with Crippen LogP contribution in [0, 0.1) is 32.1 Å². The molecule has 0 atom stereocenters. The normalized spacial score (nSPS) is 20.6. The first-order valence-electron chi connectivity index (χ1n) is 11.2. The lowest BCUT2D eigenvalue weighted by Gasteiger charge is -2.20. The summed E-state index contributed by atoms with van der Waals surface area (Å²) in [6.45, 7) is 6.17. The second kappa shape index (κ2) is 8.20. The van der Waals surface area contributed by atoms with Gasteiger partial charge in [0, 0.05) is 23.0 Å². The molecule has 0 saturated heterocycles. The summed E-state index contributed by atoms with van der Waals surface area (Å²) < 4.78 is 2.18. The van der Waals surface area contributed by atoms with Gasteiger partial charge < -0.3 is 4.57 Å². The highest BCUT2D eigenvalue weighted by Crippen LogP contribution is 2.36. The molecule has 1 aliphatic carbocycles. The molecule has 3 heterocycles. The van der Waals surface area contributed by atoms with Crippen molar-refractivity contribution in [1.29, 1.82) is 5.41 Å². The molecule has 1 amide bonds. The molecule has 2 aliphatic heterocycles. The minimum Gasteiger partial charge on any atom is -0.318 e. The number of hydrazone groups is 1. The largest absolute Gasteiger partial charge is 0.318 e. The standard InChI is InChI=1S/C25H27N5OS/c1-15-8-7-11-20(12-15)29-16(2)13-19(17(29)3)14-21-22(26)30-25(27-23(21)31)32-24(28-30)18-9-5-4-6-10-18/h7-8,11-14,18,26H,4-6,9-10H2,1-3H3. The Morgan fingerprint density at radius 1 is 1.12 bits per heavy atom. The number of carbonyl (C=O) groups excluding carboxylic acids is 1. The molecule has 0 unspecified atom stereocenters. The number of fused-ring (bicyclic) bond motifs is 1. The lowest BCUT2D eigenvalue weighted by molar-refractivity contribution is -0.114. The van der Waals surface area contributed by atoms with Crippen LogP contribution in [0.2, 0.25) is 0 Å². The van der Waals surface area contributed by atoms with Crippen molar-refractivity contribution >= 4 is 39.8 Å². The lowest BCUT2D eigenvalue weighted by atomic mass is 9.90. The van der Waals surface area contributed by atoms with Gasteiger partial charge in [0.1, 0.15) is 5.04 Å². The Bertz CT molecular complexity index is 1210. The van der Waals surface area contributed by atoms with Gasteiger partial charge in [-0.15, -0.1) is 0 Å². The molecule has 1 fully saturated rings. The van der Waals surface area contributed by atoms with Gasteiger partial charge in [0.2, 0.25) is 5.17 Å². The highest BCUT2D eigenvalue weighted by Gasteiger charge is 2.38. The van der Waals surface area contributed by atoms with Gasteiger partial charge in [0.25, 0.3) is 5.91 Å². The average Bonchev–Trinajstić information content (AvgIpc) is 3.32. The topological polar surface area (TPSA) is 73.8 Å². The minimum absolute atomic E-state index is 0.110. The van der Waals surface area contributed by atoms with Crippen molar-refractivity contribution in [3.63, 3.8) is 0 Å². The Morgan fingerprint density at radius 3 is 2.66 bits per heavy atom. The van der Waals surface area contributed by atoms with E-state index in [0.29, 0.717) is 11.1 Å². The number of aliphatic imine (C=N–C) groups is 1. The van der Waals surface area contributed by atoms with Crippen molar-refractivity contribution in [3.05, 3.63) is 58.4 Å². The van der Waals surface area contributed by atoms with Gasteiger partial charge in [0.05, 0.1) is 5.57 Å². The number of nitrogens with zero attached hydrogens (tertiary/aromatic N) is 4. The number of carbonyl (C=O) groups is 1. The summed E-state index contributed by atoms with van der Waals surface area (Å²) in [5, 5.41) is 16.5. The molecule has 164 valence electrons. The molecule has 3 aliphatic rings. The second-order valence-corrected chi connectivity index (χ2v) is 9.78. The summed E-state index contributed by atoms with van der Waals surface area (Å²) >= 11 is 1.46. The predicted octanol–water partition coefficient (Wildman–Crippen LogP) is 5.60. The van der Waals surface area contributed by atoms with E-state index < -0.39 is 0 Å². The third-order valence-electron chi connectivity index (χ3n) is 6.45. The molecule has 1 aromatic carbocycles. The maximum absolute atomic E-state index is 12.9. The molecule has 2 aromatic rings. The summed E-state index contributed by atoms with van der Waals surface area (Å²) in [4.78, 5) is 17.1. The van der Waals surface area contributed by atoms with Crippen LogP contribution in [0.15, 0.2) is 46.0 Å². The molecule has 32 heavy (non-hydrogen) atoms. The lowest BCUT2D eigenvalue weighted by Crippen LogP contribution is -2.35. The van der Waals surface area contributed by atoms with Gasteiger partial charge in [-0.2, -0.15) is 15.1 Å². The Hall–Kier alpha value is -2.93. The zero-order chi connectivity index (χ0) is 22.4. The van der Waals surface area contributed by atoms with Gasteiger partial charge in [-0.1, -0.05) is 31.4 Å². The molecule has 1 N–H and O–H groups in total. The summed E-state index contributed by atoms with van der Waals surface area (Å²) in [7, 11) is 0. The summed E-state index contributed by atoms with van der Waals surface area (Å²) in [6.07, 6.45) is 7.76. The van der Waals surface area contributed by atoms with Gasteiger partial charge in [-0.25, -0.2) is 0 Å². The van der Waals surface area contributed by atoms with E-state index in [1.807, 2.05) is 13.0 Å². The molecule has 0 spiro atoms. The van der Waals surface area contributed by atoms with Crippen LogP contribution >= 0.6 is 11.8 Å². The molecule has 1 saturated carbocycles. The van der Waals surface area contributed by atoms with E-state index in [4.69, 9.17) is 10.5 Å². The third kappa shape index (κ3) is 3.64. The first-order valence-corrected chi connectivity index (χ1v) is 12.0. The molecular weight excluding hydrogens is 418 g/mol. The average molecular weight is 446 g/mol. The molecular formula is C25H27N5OS. The van der Waals surface area contributed by atoms with Crippen LogP contribution in [0.3, 0.4) is 0 Å². The molecule has 6 nitrogen and oxygen atoms in total. The van der Waals surface area contributed by atoms with Crippen LogP contribution in [0.25, 0.3) is 11.8 Å². The minimum atomic E-state index is -0.366. The number of hydrogen-bond donors (Lipinski definition) is 1. The summed E-state index contributed by atoms with van der Waals surface area (Å²) in [5.41, 5.74) is 5.59. The van der Waals surface area contributed by atoms with E-state index in [-0.39, 0.29) is 17.3 Å². The smallest absolute Gasteiger partial charge is 0.283 e. The zero-order valence-electron chi connectivity index (χ0n) is 18.7. The first-order chi connectivity index (χ1) is 15.4. The van der Waals surface area contributed by atoms with Crippen molar-refractivity contribution < 1.29 is 4.79 Å². The SMILES string of the molecule is Cc1cccc(-n2c(C)cc(C=C3C(=N)N4N=C(C5CCCCC5)SC4=NC3=O)c2C)c1. The maximum atomic E-state index is 12.9.